The number of carboxylic acids is 2. The topological polar surface area (TPSA) is 243 Å². The normalized spacial score (nSPS) is 13.8. The van der Waals surface area contributed by atoms with Gasteiger partial charge < -0.3 is 43.2 Å². The summed E-state index contributed by atoms with van der Waals surface area (Å²) in [6, 6.07) is -4.21. The lowest BCUT2D eigenvalue weighted by Gasteiger charge is -2.20. The van der Waals surface area contributed by atoms with E-state index in [0.717, 1.165) is 0 Å². The van der Waals surface area contributed by atoms with Crippen molar-refractivity contribution < 1.29 is 34.5 Å². The number of hydrogen-bond acceptors (Lipinski definition) is 7. The zero-order chi connectivity index (χ0) is 20.3. The van der Waals surface area contributed by atoms with E-state index in [-0.39, 0.29) is 18.9 Å². The second kappa shape index (κ2) is 11.6. The highest BCUT2D eigenvalue weighted by Gasteiger charge is 2.28. The first kappa shape index (κ1) is 23.1. The Hall–Kier alpha value is -2.93. The molecule has 11 N–H and O–H groups in total. The fraction of sp³-hybridized carbons (Fsp3) is 0.615. The second-order valence-electron chi connectivity index (χ2n) is 5.30. The predicted octanol–water partition coefficient (Wildman–Crippen LogP) is -4.11. The van der Waals surface area contributed by atoms with Gasteiger partial charge in [0.15, 0.2) is 5.96 Å². The molecule has 3 atom stereocenters. The molecule has 3 unspecified atom stereocenters. The summed E-state index contributed by atoms with van der Waals surface area (Å²) in [5.41, 5.74) is 15.9. The van der Waals surface area contributed by atoms with E-state index >= 15 is 0 Å². The minimum absolute atomic E-state index is 0.102. The maximum atomic E-state index is 11.9. The van der Waals surface area contributed by atoms with Gasteiger partial charge in [-0.15, -0.1) is 0 Å². The molecule has 0 bridgehead atoms. The highest BCUT2D eigenvalue weighted by atomic mass is 16.4. The van der Waals surface area contributed by atoms with Crippen LogP contribution in [0.5, 0.6) is 0 Å². The van der Waals surface area contributed by atoms with Crippen molar-refractivity contribution in [2.75, 3.05) is 13.2 Å². The first-order valence-corrected chi connectivity index (χ1v) is 7.55. The minimum atomic E-state index is -1.71. The van der Waals surface area contributed by atoms with E-state index in [9.17, 15) is 24.3 Å². The molecule has 13 heteroatoms. The molecule has 0 aromatic heterocycles. The van der Waals surface area contributed by atoms with Gasteiger partial charge in [0.1, 0.15) is 12.1 Å². The number of nitrogens with zero attached hydrogens (tertiary/aromatic N) is 1. The molecule has 0 heterocycles. The van der Waals surface area contributed by atoms with E-state index in [4.69, 9.17) is 27.4 Å². The average Bonchev–Trinajstić information content (AvgIpc) is 2.54. The molecule has 0 saturated carbocycles. The molecule has 0 aliphatic carbocycles. The van der Waals surface area contributed by atoms with E-state index in [0.29, 0.717) is 6.42 Å². The van der Waals surface area contributed by atoms with Crippen LogP contribution in [-0.4, -0.2) is 76.3 Å². The third-order valence-electron chi connectivity index (χ3n) is 3.11. The molecule has 0 aliphatic rings. The number of carbonyl (C=O) groups is 4. The lowest BCUT2D eigenvalue weighted by atomic mass is 10.1. The van der Waals surface area contributed by atoms with Crippen molar-refractivity contribution in [3.05, 3.63) is 0 Å². The third-order valence-corrected chi connectivity index (χ3v) is 3.11. The van der Waals surface area contributed by atoms with Gasteiger partial charge in [0, 0.05) is 6.54 Å². The molecule has 148 valence electrons. The van der Waals surface area contributed by atoms with Crippen LogP contribution in [0.2, 0.25) is 0 Å². The molecule has 2 amide bonds. The minimum Gasteiger partial charge on any atom is -0.481 e. The van der Waals surface area contributed by atoms with Gasteiger partial charge in [-0.25, -0.2) is 4.79 Å². The van der Waals surface area contributed by atoms with Gasteiger partial charge in [-0.2, -0.15) is 0 Å². The number of rotatable bonds is 12. The van der Waals surface area contributed by atoms with Gasteiger partial charge in [0.05, 0.1) is 19.1 Å². The molecule has 0 rings (SSSR count). The van der Waals surface area contributed by atoms with E-state index in [1.165, 1.54) is 0 Å². The van der Waals surface area contributed by atoms with E-state index in [1.54, 1.807) is 0 Å². The van der Waals surface area contributed by atoms with Crippen molar-refractivity contribution in [1.82, 2.24) is 10.6 Å². The highest BCUT2D eigenvalue weighted by molar-refractivity contribution is 5.92. The summed E-state index contributed by atoms with van der Waals surface area (Å²) in [6.45, 7) is -0.583. The van der Waals surface area contributed by atoms with Crippen molar-refractivity contribution in [3.63, 3.8) is 0 Å². The number of aliphatic hydroxyl groups is 1. The molecule has 0 aromatic rings. The van der Waals surface area contributed by atoms with Crippen LogP contribution in [-0.2, 0) is 19.2 Å². The summed E-state index contributed by atoms with van der Waals surface area (Å²) >= 11 is 0. The summed E-state index contributed by atoms with van der Waals surface area (Å²) < 4.78 is 0. The maximum absolute atomic E-state index is 11.9. The number of carbonyl (C=O) groups excluding carboxylic acids is 2. The first-order valence-electron chi connectivity index (χ1n) is 7.55. The molecular formula is C13H24N6O7. The summed E-state index contributed by atoms with van der Waals surface area (Å²) in [4.78, 5) is 49.1. The maximum Gasteiger partial charge on any atom is 0.326 e. The summed E-state index contributed by atoms with van der Waals surface area (Å²) in [5, 5.41) is 30.8. The van der Waals surface area contributed by atoms with Crippen LogP contribution in [0.25, 0.3) is 0 Å². The number of aliphatic carboxylic acids is 2. The van der Waals surface area contributed by atoms with Crippen molar-refractivity contribution in [3.8, 4) is 0 Å². The lowest BCUT2D eigenvalue weighted by Crippen LogP contribution is -2.56. The fourth-order valence-corrected chi connectivity index (χ4v) is 1.77. The van der Waals surface area contributed by atoms with Gasteiger partial charge >= 0.3 is 11.9 Å². The zero-order valence-electron chi connectivity index (χ0n) is 13.9. The monoisotopic (exact) mass is 376 g/mol. The Labute approximate surface area is 148 Å². The summed E-state index contributed by atoms with van der Waals surface area (Å²) in [7, 11) is 0. The Morgan fingerprint density at radius 1 is 1.00 bits per heavy atom. The van der Waals surface area contributed by atoms with Crippen LogP contribution < -0.4 is 27.8 Å². The number of aliphatic hydroxyl groups excluding tert-OH is 1. The molecule has 0 aromatic carbocycles. The van der Waals surface area contributed by atoms with E-state index in [2.05, 4.69) is 10.3 Å². The smallest absolute Gasteiger partial charge is 0.326 e. The summed E-state index contributed by atoms with van der Waals surface area (Å²) in [5.74, 6) is -4.92. The van der Waals surface area contributed by atoms with Crippen molar-refractivity contribution in [2.45, 2.75) is 37.4 Å². The number of nitrogens with two attached hydrogens (primary N) is 3. The van der Waals surface area contributed by atoms with Gasteiger partial charge in [-0.05, 0) is 12.8 Å². The quantitative estimate of drug-likeness (QED) is 0.0928. The van der Waals surface area contributed by atoms with Gasteiger partial charge in [-0.3, -0.25) is 19.4 Å². The lowest BCUT2D eigenvalue weighted by molar-refractivity contribution is -0.147. The Bertz CT molecular complexity index is 549. The number of carboxylic acid groups (broad SMARTS) is 2. The van der Waals surface area contributed by atoms with Crippen LogP contribution in [0.15, 0.2) is 4.99 Å². The molecule has 0 radical (unpaired) electrons. The highest BCUT2D eigenvalue weighted by Crippen LogP contribution is 1.98. The largest absolute Gasteiger partial charge is 0.481 e. The first-order chi connectivity index (χ1) is 12.1. The van der Waals surface area contributed by atoms with Gasteiger partial charge in [0.25, 0.3) is 0 Å². The molecule has 13 nitrogen and oxygen atoms in total. The summed E-state index contributed by atoms with van der Waals surface area (Å²) in [6.07, 6.45) is -0.279. The van der Waals surface area contributed by atoms with E-state index in [1.807, 2.05) is 5.32 Å². The number of hydrogen-bond donors (Lipinski definition) is 8. The Balaban J connectivity index is 4.63. The predicted molar refractivity (Wildman–Crippen MR) is 88.7 cm³/mol. The Kier molecular flexibility index (Phi) is 10.3. The molecule has 26 heavy (non-hydrogen) atoms. The van der Waals surface area contributed by atoms with Crippen LogP contribution in [0.3, 0.4) is 0 Å². The third kappa shape index (κ3) is 9.39. The Morgan fingerprint density at radius 2 is 1.58 bits per heavy atom. The van der Waals surface area contributed by atoms with E-state index < -0.39 is 54.9 Å². The molecule has 0 saturated heterocycles. The molecular weight excluding hydrogens is 352 g/mol. The van der Waals surface area contributed by atoms with Crippen molar-refractivity contribution >= 4 is 29.7 Å². The van der Waals surface area contributed by atoms with Crippen molar-refractivity contribution in [1.29, 1.82) is 0 Å². The zero-order valence-corrected chi connectivity index (χ0v) is 13.9. The fourth-order valence-electron chi connectivity index (χ4n) is 1.77. The van der Waals surface area contributed by atoms with Crippen LogP contribution >= 0.6 is 0 Å². The van der Waals surface area contributed by atoms with Crippen LogP contribution in [0.4, 0.5) is 0 Å². The number of nitrogens with one attached hydrogen (secondary N) is 2. The number of guanidine groups is 1. The average molecular weight is 376 g/mol. The van der Waals surface area contributed by atoms with Gasteiger partial charge in [0.2, 0.25) is 11.8 Å². The SMILES string of the molecule is NC(N)=NCCCC(N)C(=O)NC(CO)C(=O)NC(CC(=O)O)C(=O)O. The second-order valence-corrected chi connectivity index (χ2v) is 5.30. The molecule has 0 fully saturated rings. The van der Waals surface area contributed by atoms with Crippen LogP contribution in [0, 0.1) is 0 Å². The molecule has 0 aliphatic heterocycles. The van der Waals surface area contributed by atoms with Gasteiger partial charge in [-0.1, -0.05) is 0 Å². The molecule has 0 spiro atoms. The Morgan fingerprint density at radius 3 is 2.04 bits per heavy atom. The number of aliphatic imine (C=N–C) groups is 1. The number of amides is 2. The standard InChI is InChI=1S/C13H24N6O7/c14-6(2-1-3-17-13(15)16)10(23)19-8(5-20)11(24)18-7(12(25)26)4-9(21)22/h6-8,20H,1-5,14H2,(H,18,24)(H,19,23)(H,21,22)(H,25,26)(H4,15,16,17). The van der Waals surface area contributed by atoms with Crippen LogP contribution in [0.1, 0.15) is 19.3 Å². The van der Waals surface area contributed by atoms with Crippen molar-refractivity contribution in [2.24, 2.45) is 22.2 Å².